The fraction of sp³-hybridized carbons (Fsp3) is 0.200. The number of nitrogens with zero attached hydrogens (tertiary/aromatic N) is 2. The topological polar surface area (TPSA) is 37.8 Å². The first kappa shape index (κ1) is 12.3. The maximum atomic E-state index is 13.0. The minimum absolute atomic E-state index is 0.567. The van der Waals surface area contributed by atoms with Gasteiger partial charge in [0.15, 0.2) is 11.6 Å². The lowest BCUT2D eigenvalue weighted by Gasteiger charge is -2.01. The number of halogens is 2. The summed E-state index contributed by atoms with van der Waals surface area (Å²) in [5, 5.41) is 7.83. The monoisotopic (exact) mass is 273 g/mol. The van der Waals surface area contributed by atoms with Crippen LogP contribution in [0.1, 0.15) is 5.69 Å². The van der Waals surface area contributed by atoms with Crippen LogP contribution in [0.2, 0.25) is 0 Å². The highest BCUT2D eigenvalue weighted by molar-refractivity contribution is 7.98. The molecule has 0 fully saturated rings. The highest BCUT2D eigenvalue weighted by Gasteiger charge is 2.08. The lowest BCUT2D eigenvalue weighted by atomic mass is 10.3. The van der Waals surface area contributed by atoms with Crippen molar-refractivity contribution >= 4 is 28.3 Å². The molecule has 90 valence electrons. The van der Waals surface area contributed by atoms with Gasteiger partial charge in [-0.05, 0) is 18.2 Å². The van der Waals surface area contributed by atoms with Crippen LogP contribution >= 0.6 is 23.3 Å². The van der Waals surface area contributed by atoms with Gasteiger partial charge in [0.1, 0.15) is 10.7 Å². The molecule has 3 nitrogen and oxygen atoms in total. The van der Waals surface area contributed by atoms with Gasteiger partial charge in [0.05, 0.1) is 0 Å². The molecule has 1 aromatic heterocycles. The number of thioether (sulfide) groups is 1. The van der Waals surface area contributed by atoms with Crippen LogP contribution in [0, 0.1) is 11.6 Å². The number of anilines is 1. The summed E-state index contributed by atoms with van der Waals surface area (Å²) >= 11 is 2.66. The number of benzene rings is 1. The van der Waals surface area contributed by atoms with E-state index in [2.05, 4.69) is 14.9 Å². The molecule has 0 unspecified atom stereocenters. The van der Waals surface area contributed by atoms with Crippen molar-refractivity contribution in [3.8, 4) is 0 Å². The zero-order chi connectivity index (χ0) is 12.3. The van der Waals surface area contributed by atoms with Gasteiger partial charge in [-0.2, -0.15) is 0 Å². The second-order valence-corrected chi connectivity index (χ2v) is 4.97. The molecule has 1 heterocycles. The molecule has 0 atom stereocenters. The number of hydrogen-bond acceptors (Lipinski definition) is 5. The fourth-order valence-corrected chi connectivity index (χ4v) is 2.69. The fourth-order valence-electron chi connectivity index (χ4n) is 1.21. The third-order valence-electron chi connectivity index (χ3n) is 2.05. The number of hydrogen-bond donors (Lipinski definition) is 1. The van der Waals surface area contributed by atoms with E-state index in [1.165, 1.54) is 29.4 Å². The van der Waals surface area contributed by atoms with Crippen LogP contribution in [0.4, 0.5) is 13.8 Å². The molecule has 0 bridgehead atoms. The minimum Gasteiger partial charge on any atom is -0.377 e. The highest BCUT2D eigenvalue weighted by Crippen LogP contribution is 2.27. The van der Waals surface area contributed by atoms with Crippen molar-refractivity contribution in [2.45, 2.75) is 10.6 Å². The zero-order valence-corrected chi connectivity index (χ0v) is 10.5. The summed E-state index contributed by atoms with van der Waals surface area (Å²) < 4.78 is 29.5. The van der Waals surface area contributed by atoms with Crippen molar-refractivity contribution in [1.29, 1.82) is 0 Å². The van der Waals surface area contributed by atoms with Gasteiger partial charge in [0.2, 0.25) is 0 Å². The predicted octanol–water partition coefficient (Wildman–Crippen LogP) is 3.15. The van der Waals surface area contributed by atoms with Crippen molar-refractivity contribution in [2.75, 3.05) is 12.4 Å². The van der Waals surface area contributed by atoms with Crippen LogP contribution in [-0.4, -0.2) is 16.6 Å². The Kier molecular flexibility index (Phi) is 3.90. The lowest BCUT2D eigenvalue weighted by molar-refractivity contribution is 0.506. The van der Waals surface area contributed by atoms with Crippen LogP contribution in [0.3, 0.4) is 0 Å². The lowest BCUT2D eigenvalue weighted by Crippen LogP contribution is -1.91. The Bertz CT molecular complexity index is 516. The van der Waals surface area contributed by atoms with E-state index in [0.29, 0.717) is 10.6 Å². The quantitative estimate of drug-likeness (QED) is 0.868. The summed E-state index contributed by atoms with van der Waals surface area (Å²) in [7, 11) is 1.79. The van der Waals surface area contributed by atoms with Gasteiger partial charge in [0.25, 0.3) is 0 Å². The van der Waals surface area contributed by atoms with Crippen molar-refractivity contribution in [3.63, 3.8) is 0 Å². The van der Waals surface area contributed by atoms with Crippen molar-refractivity contribution < 1.29 is 8.78 Å². The molecule has 1 aromatic carbocycles. The third-order valence-corrected chi connectivity index (χ3v) is 3.84. The number of aromatic nitrogens is 2. The Morgan fingerprint density at radius 2 is 2.18 bits per heavy atom. The van der Waals surface area contributed by atoms with E-state index in [9.17, 15) is 8.78 Å². The first-order valence-electron chi connectivity index (χ1n) is 4.77. The maximum Gasteiger partial charge on any atom is 0.159 e. The predicted molar refractivity (Wildman–Crippen MR) is 65.4 cm³/mol. The van der Waals surface area contributed by atoms with Crippen LogP contribution in [-0.2, 0) is 5.75 Å². The van der Waals surface area contributed by atoms with Gasteiger partial charge in [-0.25, -0.2) is 8.78 Å². The smallest absolute Gasteiger partial charge is 0.159 e. The molecule has 0 aliphatic heterocycles. The van der Waals surface area contributed by atoms with E-state index in [4.69, 9.17) is 0 Å². The van der Waals surface area contributed by atoms with Crippen LogP contribution in [0.5, 0.6) is 0 Å². The molecular formula is C10H9F2N3S2. The van der Waals surface area contributed by atoms with Crippen molar-refractivity contribution in [1.82, 2.24) is 9.59 Å². The van der Waals surface area contributed by atoms with E-state index in [0.717, 1.165) is 16.8 Å². The highest BCUT2D eigenvalue weighted by atomic mass is 32.2. The third kappa shape index (κ3) is 2.92. The van der Waals surface area contributed by atoms with Crippen molar-refractivity contribution in [2.24, 2.45) is 0 Å². The first-order valence-corrected chi connectivity index (χ1v) is 6.53. The summed E-state index contributed by atoms with van der Waals surface area (Å²) in [6.07, 6.45) is 0. The molecule has 0 spiro atoms. The molecule has 2 aromatic rings. The van der Waals surface area contributed by atoms with E-state index in [1.807, 2.05) is 0 Å². The summed E-state index contributed by atoms with van der Waals surface area (Å²) in [6, 6.07) is 3.84. The minimum atomic E-state index is -0.833. The van der Waals surface area contributed by atoms with Gasteiger partial charge < -0.3 is 5.32 Å². The molecule has 0 aliphatic rings. The maximum absolute atomic E-state index is 13.0. The summed E-state index contributed by atoms with van der Waals surface area (Å²) in [5.41, 5.74) is 0.812. The molecular weight excluding hydrogens is 264 g/mol. The average Bonchev–Trinajstić information content (AvgIpc) is 2.78. The van der Waals surface area contributed by atoms with Gasteiger partial charge >= 0.3 is 0 Å². The Hall–Kier alpha value is -1.21. The molecule has 0 saturated carbocycles. The molecule has 0 amide bonds. The van der Waals surface area contributed by atoms with Gasteiger partial charge in [-0.3, -0.25) is 0 Å². The second kappa shape index (κ2) is 5.42. The Morgan fingerprint density at radius 1 is 1.35 bits per heavy atom. The summed E-state index contributed by atoms with van der Waals surface area (Å²) in [4.78, 5) is 0.666. The molecule has 0 radical (unpaired) electrons. The van der Waals surface area contributed by atoms with Crippen LogP contribution in [0.15, 0.2) is 23.1 Å². The van der Waals surface area contributed by atoms with Gasteiger partial charge in [0, 0.05) is 29.2 Å². The van der Waals surface area contributed by atoms with Gasteiger partial charge in [-0.15, -0.1) is 16.9 Å². The molecule has 0 saturated heterocycles. The van der Waals surface area contributed by atoms with E-state index in [-0.39, 0.29) is 0 Å². The Labute approximate surface area is 105 Å². The number of rotatable bonds is 4. The molecule has 0 aliphatic carbocycles. The number of nitrogens with one attached hydrogen (secondary N) is 1. The van der Waals surface area contributed by atoms with Crippen LogP contribution in [0.25, 0.3) is 0 Å². The molecule has 7 heteroatoms. The largest absolute Gasteiger partial charge is 0.377 e. The summed E-state index contributed by atoms with van der Waals surface area (Å²) in [5.74, 6) is -1.10. The zero-order valence-electron chi connectivity index (χ0n) is 8.91. The second-order valence-electron chi connectivity index (χ2n) is 3.16. The average molecular weight is 273 g/mol. The molecule has 1 N–H and O–H groups in total. The Morgan fingerprint density at radius 3 is 2.88 bits per heavy atom. The van der Waals surface area contributed by atoms with E-state index in [1.54, 1.807) is 13.1 Å². The molecule has 2 rings (SSSR count). The Balaban J connectivity index is 2.05. The first-order chi connectivity index (χ1) is 8.20. The van der Waals surface area contributed by atoms with Crippen LogP contribution < -0.4 is 5.32 Å². The molecule has 17 heavy (non-hydrogen) atoms. The van der Waals surface area contributed by atoms with E-state index >= 15 is 0 Å². The normalized spacial score (nSPS) is 10.5. The van der Waals surface area contributed by atoms with E-state index < -0.39 is 11.6 Å². The van der Waals surface area contributed by atoms with Crippen molar-refractivity contribution in [3.05, 3.63) is 35.5 Å². The standard InChI is InChI=1S/C10H9F2N3S2/c1-13-10-9(14-15-17-10)5-16-6-2-3-7(11)8(12)4-6/h2-4,13H,5H2,1H3. The van der Waals surface area contributed by atoms with Gasteiger partial charge in [-0.1, -0.05) is 4.49 Å². The SMILES string of the molecule is CNc1snnc1CSc1ccc(F)c(F)c1. The summed E-state index contributed by atoms with van der Waals surface area (Å²) in [6.45, 7) is 0.